The summed E-state index contributed by atoms with van der Waals surface area (Å²) >= 11 is 5.95. The maximum Gasteiger partial charge on any atom is 0.236 e. The highest BCUT2D eigenvalue weighted by atomic mass is 35.5. The molecule has 5 rings (SSSR count). The third kappa shape index (κ3) is 3.69. The van der Waals surface area contributed by atoms with Crippen LogP contribution in [0, 0.1) is 0 Å². The van der Waals surface area contributed by atoms with E-state index in [1.807, 2.05) is 47.4 Å². The lowest BCUT2D eigenvalue weighted by atomic mass is 10.0. The maximum atomic E-state index is 13.5. The molecule has 1 fully saturated rings. The quantitative estimate of drug-likeness (QED) is 0.440. The monoisotopic (exact) mass is 454 g/mol. The van der Waals surface area contributed by atoms with Gasteiger partial charge in [-0.3, -0.25) is 0 Å². The van der Waals surface area contributed by atoms with E-state index in [-0.39, 0.29) is 21.7 Å². The summed E-state index contributed by atoms with van der Waals surface area (Å²) in [6.07, 6.45) is 0. The number of morpholine rings is 1. The number of benzene rings is 3. The molecule has 0 amide bonds. The first-order valence-electron chi connectivity index (χ1n) is 9.86. The van der Waals surface area contributed by atoms with Gasteiger partial charge in [-0.05, 0) is 41.1 Å². The topological polar surface area (TPSA) is 72.6 Å². The van der Waals surface area contributed by atoms with Crippen molar-refractivity contribution in [3.05, 3.63) is 71.8 Å². The Morgan fingerprint density at radius 3 is 2.39 bits per heavy atom. The number of ether oxygens (including phenoxy) is 1. The standard InChI is InChI=1S/C23H19ClN2O4S/c24-17-8-10-18(11-9-17)31(27,28)22-23(26-12-14-29-15-13-26)30-21(25-22)20-7-3-5-16-4-1-2-6-19(16)20/h1-11H,12-15H2. The minimum absolute atomic E-state index is 0.0975. The van der Waals surface area contributed by atoms with Crippen LogP contribution in [0.15, 0.2) is 81.1 Å². The lowest BCUT2D eigenvalue weighted by molar-refractivity contribution is 0.120. The molecule has 1 saturated heterocycles. The Bertz CT molecular complexity index is 1340. The van der Waals surface area contributed by atoms with Gasteiger partial charge in [-0.2, -0.15) is 4.98 Å². The van der Waals surface area contributed by atoms with Crippen LogP contribution in [0.4, 0.5) is 5.88 Å². The van der Waals surface area contributed by atoms with E-state index in [0.29, 0.717) is 31.3 Å². The predicted octanol–water partition coefficient (Wildman–Crippen LogP) is 4.82. The molecule has 0 atom stereocenters. The first-order chi connectivity index (χ1) is 15.0. The van der Waals surface area contributed by atoms with Crippen LogP contribution in [0.3, 0.4) is 0 Å². The Labute approximate surface area is 184 Å². The molecule has 3 aromatic carbocycles. The summed E-state index contributed by atoms with van der Waals surface area (Å²) in [7, 11) is -3.92. The van der Waals surface area contributed by atoms with Crippen LogP contribution in [0.2, 0.25) is 5.02 Å². The van der Waals surface area contributed by atoms with Crippen LogP contribution < -0.4 is 4.90 Å². The number of rotatable bonds is 4. The van der Waals surface area contributed by atoms with E-state index in [1.54, 1.807) is 12.1 Å². The highest BCUT2D eigenvalue weighted by molar-refractivity contribution is 7.91. The highest BCUT2D eigenvalue weighted by Gasteiger charge is 2.32. The van der Waals surface area contributed by atoms with E-state index in [9.17, 15) is 8.42 Å². The van der Waals surface area contributed by atoms with E-state index in [0.717, 1.165) is 16.3 Å². The fraction of sp³-hybridized carbons (Fsp3) is 0.174. The molecule has 6 nitrogen and oxygen atoms in total. The molecule has 0 radical (unpaired) electrons. The van der Waals surface area contributed by atoms with E-state index < -0.39 is 9.84 Å². The third-order valence-corrected chi connectivity index (χ3v) is 7.20. The zero-order chi connectivity index (χ0) is 21.4. The molecule has 1 aromatic heterocycles. The SMILES string of the molecule is O=S(=O)(c1ccc(Cl)cc1)c1nc(-c2cccc3ccccc23)oc1N1CCOCC1. The molecular weight excluding hydrogens is 436 g/mol. The van der Waals surface area contributed by atoms with Crippen LogP contribution in [-0.2, 0) is 14.6 Å². The first kappa shape index (κ1) is 20.1. The van der Waals surface area contributed by atoms with Crippen molar-refractivity contribution in [3.8, 4) is 11.5 Å². The van der Waals surface area contributed by atoms with Crippen LogP contribution in [0.1, 0.15) is 0 Å². The third-order valence-electron chi connectivity index (χ3n) is 5.28. The number of anilines is 1. The summed E-state index contributed by atoms with van der Waals surface area (Å²) in [5.74, 6) is 0.506. The van der Waals surface area contributed by atoms with Crippen LogP contribution in [0.5, 0.6) is 0 Å². The number of halogens is 1. The van der Waals surface area contributed by atoms with E-state index in [4.69, 9.17) is 20.8 Å². The minimum Gasteiger partial charge on any atom is -0.419 e. The summed E-state index contributed by atoms with van der Waals surface area (Å²) < 4.78 is 38.5. The number of oxazole rings is 1. The van der Waals surface area contributed by atoms with Gasteiger partial charge in [-0.25, -0.2) is 8.42 Å². The summed E-state index contributed by atoms with van der Waals surface area (Å²) in [5, 5.41) is 2.33. The molecule has 0 unspecified atom stereocenters. The van der Waals surface area contributed by atoms with Gasteiger partial charge in [-0.15, -0.1) is 0 Å². The van der Waals surface area contributed by atoms with Gasteiger partial charge in [0.05, 0.1) is 18.1 Å². The van der Waals surface area contributed by atoms with Gasteiger partial charge in [0.15, 0.2) is 0 Å². The van der Waals surface area contributed by atoms with Gasteiger partial charge in [-0.1, -0.05) is 48.0 Å². The predicted molar refractivity (Wildman–Crippen MR) is 119 cm³/mol. The van der Waals surface area contributed by atoms with Crippen LogP contribution >= 0.6 is 11.6 Å². The van der Waals surface area contributed by atoms with Crippen molar-refractivity contribution in [1.29, 1.82) is 0 Å². The number of aromatic nitrogens is 1. The molecule has 1 aliphatic heterocycles. The molecule has 0 N–H and O–H groups in total. The summed E-state index contributed by atoms with van der Waals surface area (Å²) in [6, 6.07) is 19.7. The number of fused-ring (bicyclic) bond motifs is 1. The van der Waals surface area contributed by atoms with Gasteiger partial charge < -0.3 is 14.1 Å². The average molecular weight is 455 g/mol. The number of hydrogen-bond donors (Lipinski definition) is 0. The molecule has 31 heavy (non-hydrogen) atoms. The average Bonchev–Trinajstić information content (AvgIpc) is 3.26. The molecule has 0 bridgehead atoms. The molecule has 0 aliphatic carbocycles. The number of nitrogens with zero attached hydrogens (tertiary/aromatic N) is 2. The van der Waals surface area contributed by atoms with E-state index in [1.165, 1.54) is 12.1 Å². The van der Waals surface area contributed by atoms with Crippen molar-refractivity contribution >= 4 is 38.1 Å². The normalized spacial score (nSPS) is 14.8. The minimum atomic E-state index is -3.92. The fourth-order valence-electron chi connectivity index (χ4n) is 3.69. The van der Waals surface area contributed by atoms with Crippen LogP contribution in [-0.4, -0.2) is 39.7 Å². The highest BCUT2D eigenvalue weighted by Crippen LogP contribution is 2.37. The Morgan fingerprint density at radius 2 is 1.61 bits per heavy atom. The zero-order valence-corrected chi connectivity index (χ0v) is 18.1. The second-order valence-corrected chi connectivity index (χ2v) is 9.51. The Kier molecular flexibility index (Phi) is 5.17. The van der Waals surface area contributed by atoms with Crippen molar-refractivity contribution < 1.29 is 17.6 Å². The van der Waals surface area contributed by atoms with Gasteiger partial charge in [0.25, 0.3) is 0 Å². The maximum absolute atomic E-state index is 13.5. The van der Waals surface area contributed by atoms with Gasteiger partial charge in [0.2, 0.25) is 26.6 Å². The van der Waals surface area contributed by atoms with Crippen molar-refractivity contribution in [2.45, 2.75) is 9.92 Å². The van der Waals surface area contributed by atoms with Gasteiger partial charge in [0.1, 0.15) is 0 Å². The summed E-state index contributed by atoms with van der Waals surface area (Å²) in [5.41, 5.74) is 0.741. The Hall–Kier alpha value is -2.87. The Morgan fingerprint density at radius 1 is 0.903 bits per heavy atom. The van der Waals surface area contributed by atoms with Crippen molar-refractivity contribution in [3.63, 3.8) is 0 Å². The van der Waals surface area contributed by atoms with Crippen molar-refractivity contribution in [1.82, 2.24) is 4.98 Å². The molecular formula is C23H19ClN2O4S. The second kappa shape index (κ2) is 8.00. The van der Waals surface area contributed by atoms with E-state index >= 15 is 0 Å². The lowest BCUT2D eigenvalue weighted by Gasteiger charge is -2.26. The molecule has 1 aliphatic rings. The van der Waals surface area contributed by atoms with Gasteiger partial charge >= 0.3 is 0 Å². The number of sulfone groups is 1. The van der Waals surface area contributed by atoms with Gasteiger partial charge in [0, 0.05) is 23.7 Å². The smallest absolute Gasteiger partial charge is 0.236 e. The van der Waals surface area contributed by atoms with Crippen molar-refractivity contribution in [2.24, 2.45) is 0 Å². The molecule has 0 spiro atoms. The lowest BCUT2D eigenvalue weighted by Crippen LogP contribution is -2.36. The first-order valence-corrected chi connectivity index (χ1v) is 11.7. The molecule has 2 heterocycles. The largest absolute Gasteiger partial charge is 0.419 e. The van der Waals surface area contributed by atoms with Crippen molar-refractivity contribution in [2.75, 3.05) is 31.2 Å². The molecule has 158 valence electrons. The van der Waals surface area contributed by atoms with Crippen LogP contribution in [0.25, 0.3) is 22.2 Å². The molecule has 8 heteroatoms. The zero-order valence-electron chi connectivity index (χ0n) is 16.5. The second-order valence-electron chi connectivity index (χ2n) is 7.21. The van der Waals surface area contributed by atoms with E-state index in [2.05, 4.69) is 4.98 Å². The fourth-order valence-corrected chi connectivity index (χ4v) is 5.14. The number of hydrogen-bond acceptors (Lipinski definition) is 6. The summed E-state index contributed by atoms with van der Waals surface area (Å²) in [4.78, 5) is 6.49. The molecule has 4 aromatic rings. The Balaban J connectivity index is 1.70. The summed E-state index contributed by atoms with van der Waals surface area (Å²) in [6.45, 7) is 2.02. The molecule has 0 saturated carbocycles.